The van der Waals surface area contributed by atoms with E-state index in [1.54, 1.807) is 24.3 Å². The van der Waals surface area contributed by atoms with Crippen molar-refractivity contribution in [1.82, 2.24) is 0 Å². The van der Waals surface area contributed by atoms with Gasteiger partial charge in [0.15, 0.2) is 0 Å². The smallest absolute Gasteiger partial charge is 0.232 e. The fourth-order valence-electron chi connectivity index (χ4n) is 1.49. The molecule has 108 valence electrons. The molecule has 0 heterocycles. The summed E-state index contributed by atoms with van der Waals surface area (Å²) < 4.78 is 31.5. The van der Waals surface area contributed by atoms with Gasteiger partial charge in [-0.1, -0.05) is 0 Å². The molecule has 0 unspecified atom stereocenters. The highest BCUT2D eigenvalue weighted by molar-refractivity contribution is 7.92. The van der Waals surface area contributed by atoms with Gasteiger partial charge in [0, 0.05) is 11.6 Å². The number of halogens is 1. The van der Waals surface area contributed by atoms with E-state index in [1.807, 2.05) is 13.8 Å². The second-order valence-electron chi connectivity index (χ2n) is 4.51. The molecule has 0 saturated carbocycles. The number of benzene rings is 1. The van der Waals surface area contributed by atoms with Crippen LogP contribution in [0.1, 0.15) is 26.7 Å². The van der Waals surface area contributed by atoms with Crippen LogP contribution < -0.4 is 9.46 Å². The molecule has 4 nitrogen and oxygen atoms in total. The number of ether oxygens (including phenoxy) is 1. The monoisotopic (exact) mass is 305 g/mol. The molecular weight excluding hydrogens is 286 g/mol. The van der Waals surface area contributed by atoms with Gasteiger partial charge in [-0.15, -0.1) is 11.6 Å². The number of hydrogen-bond acceptors (Lipinski definition) is 3. The van der Waals surface area contributed by atoms with Crippen molar-refractivity contribution in [2.75, 3.05) is 16.4 Å². The minimum absolute atomic E-state index is 0.0873. The summed E-state index contributed by atoms with van der Waals surface area (Å²) in [5.74, 6) is 1.29. The van der Waals surface area contributed by atoms with Crippen LogP contribution in [0.4, 0.5) is 5.69 Å². The summed E-state index contributed by atoms with van der Waals surface area (Å²) in [6, 6.07) is 6.88. The SMILES string of the molecule is CC(C)Oc1ccc(NS(=O)(=O)CCCCCl)cc1. The maximum absolute atomic E-state index is 11.8. The molecule has 0 radical (unpaired) electrons. The fraction of sp³-hybridized carbons (Fsp3) is 0.538. The standard InChI is InChI=1S/C13H20ClNO3S/c1-11(2)18-13-7-5-12(6-8-13)15-19(16,17)10-4-3-9-14/h5-8,11,15H,3-4,9-10H2,1-2H3. The van der Waals surface area contributed by atoms with Gasteiger partial charge in [0.2, 0.25) is 10.0 Å². The first-order chi connectivity index (χ1) is 8.93. The number of rotatable bonds is 8. The lowest BCUT2D eigenvalue weighted by molar-refractivity contribution is 0.242. The van der Waals surface area contributed by atoms with Gasteiger partial charge >= 0.3 is 0 Å². The predicted molar refractivity (Wildman–Crippen MR) is 79.6 cm³/mol. The van der Waals surface area contributed by atoms with Gasteiger partial charge in [0.05, 0.1) is 11.9 Å². The number of sulfonamides is 1. The van der Waals surface area contributed by atoms with Gasteiger partial charge in [-0.05, 0) is 51.0 Å². The first-order valence-corrected chi connectivity index (χ1v) is 8.45. The van der Waals surface area contributed by atoms with Crippen molar-refractivity contribution < 1.29 is 13.2 Å². The van der Waals surface area contributed by atoms with Crippen molar-refractivity contribution in [3.8, 4) is 5.75 Å². The average Bonchev–Trinajstić information content (AvgIpc) is 2.31. The number of alkyl halides is 1. The Bertz CT molecular complexity index is 471. The molecule has 0 saturated heterocycles. The topological polar surface area (TPSA) is 55.4 Å². The lowest BCUT2D eigenvalue weighted by Crippen LogP contribution is -2.16. The zero-order valence-electron chi connectivity index (χ0n) is 11.2. The molecule has 0 spiro atoms. The Balaban J connectivity index is 2.57. The van der Waals surface area contributed by atoms with E-state index in [1.165, 1.54) is 0 Å². The molecule has 0 atom stereocenters. The van der Waals surface area contributed by atoms with E-state index < -0.39 is 10.0 Å². The van der Waals surface area contributed by atoms with Crippen LogP contribution in [0.3, 0.4) is 0 Å². The molecule has 1 aromatic rings. The Hall–Kier alpha value is -0.940. The van der Waals surface area contributed by atoms with Crippen molar-refractivity contribution in [3.05, 3.63) is 24.3 Å². The van der Waals surface area contributed by atoms with Crippen LogP contribution in [0, 0.1) is 0 Å². The molecule has 19 heavy (non-hydrogen) atoms. The van der Waals surface area contributed by atoms with Crippen LogP contribution in [0.5, 0.6) is 5.75 Å². The highest BCUT2D eigenvalue weighted by Crippen LogP contribution is 2.18. The van der Waals surface area contributed by atoms with Gasteiger partial charge < -0.3 is 4.74 Å². The molecule has 0 aliphatic heterocycles. The molecule has 0 aliphatic rings. The quantitative estimate of drug-likeness (QED) is 0.592. The van der Waals surface area contributed by atoms with Crippen LogP contribution in [-0.4, -0.2) is 26.2 Å². The van der Waals surface area contributed by atoms with Gasteiger partial charge in [0.25, 0.3) is 0 Å². The van der Waals surface area contributed by atoms with E-state index in [0.717, 1.165) is 5.75 Å². The molecule has 0 fully saturated rings. The molecule has 1 N–H and O–H groups in total. The number of hydrogen-bond donors (Lipinski definition) is 1. The minimum atomic E-state index is -3.29. The number of nitrogens with one attached hydrogen (secondary N) is 1. The summed E-state index contributed by atoms with van der Waals surface area (Å²) in [6.45, 7) is 3.88. The Kier molecular flexibility index (Phi) is 6.45. The number of unbranched alkanes of at least 4 members (excludes halogenated alkanes) is 1. The first-order valence-electron chi connectivity index (χ1n) is 6.26. The summed E-state index contributed by atoms with van der Waals surface area (Å²) in [6.07, 6.45) is 1.36. The third-order valence-corrected chi connectivity index (χ3v) is 3.94. The highest BCUT2D eigenvalue weighted by atomic mass is 35.5. The summed E-state index contributed by atoms with van der Waals surface area (Å²) in [4.78, 5) is 0. The van der Waals surface area contributed by atoms with Gasteiger partial charge in [-0.2, -0.15) is 0 Å². The summed E-state index contributed by atoms with van der Waals surface area (Å²) >= 11 is 5.52. The maximum Gasteiger partial charge on any atom is 0.232 e. The molecule has 0 aliphatic carbocycles. The first kappa shape index (κ1) is 16.1. The summed E-state index contributed by atoms with van der Waals surface area (Å²) in [5, 5.41) is 0. The maximum atomic E-state index is 11.8. The molecular formula is C13H20ClNO3S. The third kappa shape index (κ3) is 6.68. The van der Waals surface area contributed by atoms with Gasteiger partial charge in [-0.25, -0.2) is 8.42 Å². The van der Waals surface area contributed by atoms with Crippen molar-refractivity contribution in [2.24, 2.45) is 0 Å². The van der Waals surface area contributed by atoms with E-state index in [9.17, 15) is 8.42 Å². The van der Waals surface area contributed by atoms with E-state index in [4.69, 9.17) is 16.3 Å². The van der Waals surface area contributed by atoms with E-state index in [0.29, 0.717) is 24.4 Å². The molecule has 0 amide bonds. The van der Waals surface area contributed by atoms with Crippen LogP contribution in [0.15, 0.2) is 24.3 Å². The zero-order valence-corrected chi connectivity index (χ0v) is 12.8. The molecule has 1 aromatic carbocycles. The van der Waals surface area contributed by atoms with Crippen LogP contribution >= 0.6 is 11.6 Å². The average molecular weight is 306 g/mol. The predicted octanol–water partition coefficient (Wildman–Crippen LogP) is 3.23. The van der Waals surface area contributed by atoms with Crippen LogP contribution in [0.25, 0.3) is 0 Å². The largest absolute Gasteiger partial charge is 0.491 e. The third-order valence-electron chi connectivity index (χ3n) is 2.30. The molecule has 0 bridgehead atoms. The summed E-state index contributed by atoms with van der Waals surface area (Å²) in [7, 11) is -3.29. The van der Waals surface area contributed by atoms with E-state index >= 15 is 0 Å². The Morgan fingerprint density at radius 3 is 2.37 bits per heavy atom. The second kappa shape index (κ2) is 7.60. The Morgan fingerprint density at radius 1 is 1.21 bits per heavy atom. The molecule has 0 aromatic heterocycles. The second-order valence-corrected chi connectivity index (χ2v) is 6.73. The van der Waals surface area contributed by atoms with Crippen molar-refractivity contribution in [1.29, 1.82) is 0 Å². The van der Waals surface area contributed by atoms with Crippen LogP contribution in [0.2, 0.25) is 0 Å². The normalized spacial score (nSPS) is 11.6. The number of anilines is 1. The Morgan fingerprint density at radius 2 is 1.84 bits per heavy atom. The van der Waals surface area contributed by atoms with Crippen LogP contribution in [-0.2, 0) is 10.0 Å². The summed E-state index contributed by atoms with van der Waals surface area (Å²) in [5.41, 5.74) is 0.543. The minimum Gasteiger partial charge on any atom is -0.491 e. The van der Waals surface area contributed by atoms with E-state index in [2.05, 4.69) is 4.72 Å². The lowest BCUT2D eigenvalue weighted by atomic mass is 10.3. The van der Waals surface area contributed by atoms with Crippen molar-refractivity contribution in [2.45, 2.75) is 32.8 Å². The zero-order chi connectivity index (χ0) is 14.3. The lowest BCUT2D eigenvalue weighted by Gasteiger charge is -2.11. The molecule has 6 heteroatoms. The van der Waals surface area contributed by atoms with Crippen molar-refractivity contribution >= 4 is 27.3 Å². The van der Waals surface area contributed by atoms with Crippen molar-refractivity contribution in [3.63, 3.8) is 0 Å². The Labute approximate surface area is 120 Å². The van der Waals surface area contributed by atoms with Gasteiger partial charge in [0.1, 0.15) is 5.75 Å². The molecule has 1 rings (SSSR count). The van der Waals surface area contributed by atoms with Gasteiger partial charge in [-0.3, -0.25) is 4.72 Å². The fourth-order valence-corrected chi connectivity index (χ4v) is 2.86. The highest BCUT2D eigenvalue weighted by Gasteiger charge is 2.09. The van der Waals surface area contributed by atoms with E-state index in [-0.39, 0.29) is 11.9 Å².